The molecule has 142 valence electrons. The molecule has 3 N–H and O–H groups in total. The van der Waals surface area contributed by atoms with Gasteiger partial charge < -0.3 is 10.1 Å². The Morgan fingerprint density at radius 3 is 2.08 bits per heavy atom. The van der Waals surface area contributed by atoms with Crippen molar-refractivity contribution in [3.63, 3.8) is 0 Å². The van der Waals surface area contributed by atoms with Gasteiger partial charge in [0.2, 0.25) is 0 Å². The molecule has 0 radical (unpaired) electrons. The molecule has 13 heteroatoms. The number of halogens is 5. The van der Waals surface area contributed by atoms with E-state index in [-0.39, 0.29) is 11.8 Å². The Kier molecular flexibility index (Phi) is 6.18. The highest BCUT2D eigenvalue weighted by atomic mass is 32.2. The number of methoxy groups -OCH3 is 1. The number of rotatable bonds is 6. The number of nitrogens with one attached hydrogen (secondary N) is 3. The van der Waals surface area contributed by atoms with Crippen LogP contribution in [0.1, 0.15) is 6.92 Å². The van der Waals surface area contributed by atoms with E-state index in [1.165, 1.54) is 29.5 Å². The van der Waals surface area contributed by atoms with Gasteiger partial charge in [0.15, 0.2) is 5.54 Å². The number of carbonyl (C=O) groups is 1. The molecule has 0 aliphatic carbocycles. The summed E-state index contributed by atoms with van der Waals surface area (Å²) in [5, 5.41) is 1.00. The van der Waals surface area contributed by atoms with Gasteiger partial charge in [-0.2, -0.15) is 13.2 Å². The lowest BCUT2D eigenvalue weighted by atomic mass is 10.0. The summed E-state index contributed by atoms with van der Waals surface area (Å²) < 4.78 is 91.8. The van der Waals surface area contributed by atoms with Crippen LogP contribution in [0.5, 0.6) is 5.75 Å². The number of ether oxygens (including phenoxy) is 1. The van der Waals surface area contributed by atoms with Crippen LogP contribution in [0.3, 0.4) is 0 Å². The number of urea groups is 1. The van der Waals surface area contributed by atoms with Crippen LogP contribution in [0.2, 0.25) is 0 Å². The highest BCUT2D eigenvalue weighted by Crippen LogP contribution is 2.34. The van der Waals surface area contributed by atoms with Crippen molar-refractivity contribution in [3.8, 4) is 5.75 Å². The third-order valence-electron chi connectivity index (χ3n) is 3.07. The monoisotopic (exact) mass is 391 g/mol. The normalized spacial score (nSPS) is 14.7. The fourth-order valence-corrected chi connectivity index (χ4v) is 2.28. The van der Waals surface area contributed by atoms with Gasteiger partial charge in [-0.15, -0.1) is 4.83 Å². The molecule has 0 saturated carbocycles. The van der Waals surface area contributed by atoms with Crippen LogP contribution in [-0.2, 0) is 10.0 Å². The molecule has 2 amide bonds. The number of benzene rings is 1. The second-order valence-corrected chi connectivity index (χ2v) is 6.54. The van der Waals surface area contributed by atoms with E-state index in [2.05, 4.69) is 0 Å². The fraction of sp³-hybridized carbons (Fsp3) is 0.417. The summed E-state index contributed by atoms with van der Waals surface area (Å²) in [6, 6.07) is 2.95. The molecule has 1 unspecified atom stereocenters. The number of hydrazine groups is 1. The van der Waals surface area contributed by atoms with Gasteiger partial charge in [0.25, 0.3) is 16.4 Å². The van der Waals surface area contributed by atoms with Crippen molar-refractivity contribution in [2.45, 2.75) is 30.0 Å². The topological polar surface area (TPSA) is 96.5 Å². The van der Waals surface area contributed by atoms with E-state index in [1.807, 2.05) is 0 Å². The molecule has 0 fully saturated rings. The first-order chi connectivity index (χ1) is 11.3. The number of hydrogen-bond acceptors (Lipinski definition) is 4. The fourth-order valence-electron chi connectivity index (χ4n) is 1.44. The van der Waals surface area contributed by atoms with Crippen LogP contribution in [0, 0.1) is 0 Å². The van der Waals surface area contributed by atoms with Gasteiger partial charge in [-0.25, -0.2) is 22.0 Å². The van der Waals surface area contributed by atoms with Crippen LogP contribution in [0.15, 0.2) is 29.2 Å². The Morgan fingerprint density at radius 2 is 1.68 bits per heavy atom. The van der Waals surface area contributed by atoms with Gasteiger partial charge in [0.1, 0.15) is 5.75 Å². The maximum Gasteiger partial charge on any atom is 0.416 e. The second-order valence-electron chi connectivity index (χ2n) is 4.86. The van der Waals surface area contributed by atoms with E-state index >= 15 is 0 Å². The molecule has 1 aromatic rings. The summed E-state index contributed by atoms with van der Waals surface area (Å²) in [7, 11) is -3.00. The Hall–Kier alpha value is -2.15. The van der Waals surface area contributed by atoms with Gasteiger partial charge in [0, 0.05) is 0 Å². The molecule has 7 nitrogen and oxygen atoms in total. The lowest BCUT2D eigenvalue weighted by Crippen LogP contribution is -2.64. The van der Waals surface area contributed by atoms with Gasteiger partial charge in [0.05, 0.1) is 12.0 Å². The highest BCUT2D eigenvalue weighted by molar-refractivity contribution is 7.89. The molecule has 0 heterocycles. The zero-order valence-corrected chi connectivity index (χ0v) is 13.6. The predicted molar refractivity (Wildman–Crippen MR) is 75.4 cm³/mol. The van der Waals surface area contributed by atoms with E-state index in [0.717, 1.165) is 17.4 Å². The molecule has 0 aliphatic rings. The maximum absolute atomic E-state index is 12.7. The number of alkyl halides is 5. The first kappa shape index (κ1) is 20.9. The van der Waals surface area contributed by atoms with Crippen LogP contribution < -0.4 is 20.3 Å². The summed E-state index contributed by atoms with van der Waals surface area (Å²) >= 11 is 0. The lowest BCUT2D eigenvalue weighted by molar-refractivity contribution is -0.221. The third kappa shape index (κ3) is 4.92. The molecule has 0 bridgehead atoms. The van der Waals surface area contributed by atoms with Crippen molar-refractivity contribution < 1.29 is 39.9 Å². The first-order valence-corrected chi connectivity index (χ1v) is 7.90. The number of carbonyl (C=O) groups excluding carboxylic acids is 1. The minimum absolute atomic E-state index is 0.0647. The smallest absolute Gasteiger partial charge is 0.416 e. The van der Waals surface area contributed by atoms with Gasteiger partial charge in [-0.05, 0) is 31.2 Å². The van der Waals surface area contributed by atoms with Crippen molar-refractivity contribution in [3.05, 3.63) is 24.3 Å². The maximum atomic E-state index is 12.7. The standard InChI is InChI=1S/C12H14F5N3O4S/c1-11(9(13)14,12(15,16)17)18-10(21)19-20-25(22,23)8-5-3-7(24-2)4-6-8/h3-6,9,20H,1-2H3,(H2,18,19,21). The lowest BCUT2D eigenvalue weighted by Gasteiger charge is -2.31. The number of sulfonamides is 1. The van der Waals surface area contributed by atoms with Crippen molar-refractivity contribution in [1.29, 1.82) is 0 Å². The average molecular weight is 391 g/mol. The summed E-state index contributed by atoms with van der Waals surface area (Å²) in [5.41, 5.74) is -2.48. The van der Waals surface area contributed by atoms with E-state index < -0.39 is 34.2 Å². The molecule has 25 heavy (non-hydrogen) atoms. The number of hydrogen-bond donors (Lipinski definition) is 3. The van der Waals surface area contributed by atoms with E-state index in [4.69, 9.17) is 4.74 Å². The van der Waals surface area contributed by atoms with Crippen molar-refractivity contribution in [2.75, 3.05) is 7.11 Å². The summed E-state index contributed by atoms with van der Waals surface area (Å²) in [5.74, 6) is 0.336. The molecule has 0 spiro atoms. The Balaban J connectivity index is 2.80. The van der Waals surface area contributed by atoms with E-state index in [9.17, 15) is 35.2 Å². The first-order valence-electron chi connectivity index (χ1n) is 6.42. The SMILES string of the molecule is COc1ccc(S(=O)(=O)NNC(=O)NC(C)(C(F)F)C(F)(F)F)cc1. The van der Waals surface area contributed by atoms with Crippen LogP contribution in [0.4, 0.5) is 26.7 Å². The van der Waals surface area contributed by atoms with E-state index in [1.54, 1.807) is 0 Å². The molecule has 0 saturated heterocycles. The average Bonchev–Trinajstić information content (AvgIpc) is 2.51. The molecule has 1 aromatic carbocycles. The Labute approximate surface area is 139 Å². The van der Waals surface area contributed by atoms with Crippen molar-refractivity contribution in [2.24, 2.45) is 0 Å². The Morgan fingerprint density at radius 1 is 1.16 bits per heavy atom. The minimum atomic E-state index is -5.46. The van der Waals surface area contributed by atoms with Gasteiger partial charge in [-0.3, -0.25) is 5.43 Å². The molecule has 0 aliphatic heterocycles. The molecular weight excluding hydrogens is 377 g/mol. The zero-order chi connectivity index (χ0) is 19.5. The minimum Gasteiger partial charge on any atom is -0.497 e. The highest BCUT2D eigenvalue weighted by Gasteiger charge is 2.59. The van der Waals surface area contributed by atoms with Crippen molar-refractivity contribution in [1.82, 2.24) is 15.6 Å². The van der Waals surface area contributed by atoms with Crippen molar-refractivity contribution >= 4 is 16.1 Å². The summed E-state index contributed by atoms with van der Waals surface area (Å²) in [4.78, 5) is 12.5. The molecule has 0 aromatic heterocycles. The third-order valence-corrected chi connectivity index (χ3v) is 4.33. The molecule has 1 rings (SSSR count). The van der Waals surface area contributed by atoms with Crippen LogP contribution in [-0.4, -0.2) is 39.7 Å². The van der Waals surface area contributed by atoms with Gasteiger partial charge in [-0.1, -0.05) is 0 Å². The second kappa shape index (κ2) is 7.39. The quantitative estimate of drug-likeness (QED) is 0.509. The van der Waals surface area contributed by atoms with Crippen LogP contribution in [0.25, 0.3) is 0 Å². The summed E-state index contributed by atoms with van der Waals surface area (Å²) in [6.45, 7) is 0.0647. The molecule has 1 atom stereocenters. The largest absolute Gasteiger partial charge is 0.497 e. The zero-order valence-electron chi connectivity index (χ0n) is 12.8. The van der Waals surface area contributed by atoms with E-state index in [0.29, 0.717) is 5.75 Å². The van der Waals surface area contributed by atoms with Gasteiger partial charge >= 0.3 is 12.2 Å². The predicted octanol–water partition coefficient (Wildman–Crippen LogP) is 1.77. The Bertz CT molecular complexity index is 708. The summed E-state index contributed by atoms with van der Waals surface area (Å²) in [6.07, 6.45) is -9.44. The number of amides is 2. The molecular formula is C12H14F5N3O4S. The van der Waals surface area contributed by atoms with Crippen LogP contribution >= 0.6 is 0 Å².